The van der Waals surface area contributed by atoms with Crippen molar-refractivity contribution in [3.8, 4) is 5.75 Å². The Balaban J connectivity index is 0.00000324. The lowest BCUT2D eigenvalue weighted by Crippen LogP contribution is -2.24. The molecule has 1 N–H and O–H groups in total. The van der Waals surface area contributed by atoms with Crippen LogP contribution in [0.2, 0.25) is 0 Å². The highest BCUT2D eigenvalue weighted by atomic mass is 35.5. The second-order valence-corrected chi connectivity index (χ2v) is 3.74. The number of hydrogen-bond acceptors (Lipinski definition) is 3. The molecule has 0 aliphatic carbocycles. The van der Waals surface area contributed by atoms with E-state index >= 15 is 0 Å². The summed E-state index contributed by atoms with van der Waals surface area (Å²) in [4.78, 5) is 14.7. The van der Waals surface area contributed by atoms with Crippen LogP contribution in [0.5, 0.6) is 5.75 Å². The van der Waals surface area contributed by atoms with Gasteiger partial charge in [-0.1, -0.05) is 0 Å². The lowest BCUT2D eigenvalue weighted by molar-refractivity contribution is -0.153. The van der Waals surface area contributed by atoms with Crippen LogP contribution in [-0.4, -0.2) is 23.7 Å². The molecule has 0 spiro atoms. The number of nitrogens with zero attached hydrogens (tertiary/aromatic N) is 1. The first-order valence-electron chi connectivity index (χ1n) is 5.20. The van der Waals surface area contributed by atoms with Crippen LogP contribution in [-0.2, 0) is 4.79 Å². The highest BCUT2D eigenvalue weighted by Crippen LogP contribution is 2.19. The van der Waals surface area contributed by atoms with E-state index in [1.807, 2.05) is 0 Å². The second-order valence-electron chi connectivity index (χ2n) is 3.74. The molecule has 0 radical (unpaired) electrons. The fourth-order valence-electron chi connectivity index (χ4n) is 1.28. The average molecular weight is 299 g/mol. The van der Waals surface area contributed by atoms with Crippen LogP contribution in [0.1, 0.15) is 25.6 Å². The third-order valence-corrected chi connectivity index (χ3v) is 2.03. The number of alkyl halides is 3. The zero-order valence-electron chi connectivity index (χ0n) is 10.3. The van der Waals surface area contributed by atoms with E-state index in [2.05, 4.69) is 15.0 Å². The summed E-state index contributed by atoms with van der Waals surface area (Å²) in [7, 11) is 0. The summed E-state index contributed by atoms with van der Waals surface area (Å²) in [5, 5.41) is 2.61. The van der Waals surface area contributed by atoms with Gasteiger partial charge in [-0.05, 0) is 19.1 Å². The Bertz CT molecular complexity index is 409. The molecule has 0 saturated carbocycles. The zero-order valence-corrected chi connectivity index (χ0v) is 11.1. The van der Waals surface area contributed by atoms with E-state index in [-0.39, 0.29) is 30.1 Å². The van der Waals surface area contributed by atoms with E-state index in [0.717, 1.165) is 0 Å². The minimum absolute atomic E-state index is 0. The normalized spacial score (nSPS) is 12.3. The van der Waals surface area contributed by atoms with Gasteiger partial charge in [-0.25, -0.2) is 0 Å². The molecule has 0 aliphatic heterocycles. The predicted molar refractivity (Wildman–Crippen MR) is 65.3 cm³/mol. The minimum Gasteiger partial charge on any atom is -0.483 e. The summed E-state index contributed by atoms with van der Waals surface area (Å²) < 4.78 is 40.2. The number of carbonyl (C=O) groups excluding carboxylic acids is 1. The van der Waals surface area contributed by atoms with Crippen LogP contribution in [0.3, 0.4) is 0 Å². The van der Waals surface area contributed by atoms with Crippen LogP contribution in [0.4, 0.5) is 13.2 Å². The standard InChI is InChI=1S/C11H13F3N2O2.ClH/c1-7(16-8(2)17)10-4-3-9(5-15-10)18-6-11(12,13)14;/h3-5,7H,6H2,1-2H3,(H,16,17);1H/t7-;/m1./s1. The molecule has 1 atom stereocenters. The van der Waals surface area contributed by atoms with Gasteiger partial charge in [-0.15, -0.1) is 12.4 Å². The number of aromatic nitrogens is 1. The maximum absolute atomic E-state index is 11.9. The summed E-state index contributed by atoms with van der Waals surface area (Å²) in [6.07, 6.45) is -3.18. The summed E-state index contributed by atoms with van der Waals surface area (Å²) in [5.41, 5.74) is 0.546. The number of ether oxygens (including phenoxy) is 1. The van der Waals surface area contributed by atoms with Gasteiger partial charge in [0.15, 0.2) is 6.61 Å². The van der Waals surface area contributed by atoms with E-state index < -0.39 is 12.8 Å². The maximum atomic E-state index is 11.9. The van der Waals surface area contributed by atoms with E-state index in [1.165, 1.54) is 25.3 Å². The van der Waals surface area contributed by atoms with E-state index in [0.29, 0.717) is 5.69 Å². The van der Waals surface area contributed by atoms with Gasteiger partial charge >= 0.3 is 6.18 Å². The van der Waals surface area contributed by atoms with Crippen molar-refractivity contribution < 1.29 is 22.7 Å². The molecule has 0 fully saturated rings. The van der Waals surface area contributed by atoms with Crippen LogP contribution in [0, 0.1) is 0 Å². The van der Waals surface area contributed by atoms with Gasteiger partial charge < -0.3 is 10.1 Å². The maximum Gasteiger partial charge on any atom is 0.422 e. The smallest absolute Gasteiger partial charge is 0.422 e. The summed E-state index contributed by atoms with van der Waals surface area (Å²) in [6, 6.07) is 2.58. The van der Waals surface area contributed by atoms with Gasteiger partial charge in [0.25, 0.3) is 0 Å². The van der Waals surface area contributed by atoms with E-state index in [9.17, 15) is 18.0 Å². The largest absolute Gasteiger partial charge is 0.483 e. The second kappa shape index (κ2) is 7.18. The van der Waals surface area contributed by atoms with Crippen molar-refractivity contribution in [1.29, 1.82) is 0 Å². The molecule has 1 rings (SSSR count). The molecule has 19 heavy (non-hydrogen) atoms. The number of pyridine rings is 1. The molecular weight excluding hydrogens is 285 g/mol. The van der Waals surface area contributed by atoms with Gasteiger partial charge in [-0.3, -0.25) is 9.78 Å². The average Bonchev–Trinajstić information content (AvgIpc) is 2.25. The Morgan fingerprint density at radius 1 is 1.47 bits per heavy atom. The Kier molecular flexibility index (Phi) is 6.61. The molecule has 1 heterocycles. The number of nitrogens with one attached hydrogen (secondary N) is 1. The molecule has 1 aromatic heterocycles. The first-order chi connectivity index (χ1) is 8.28. The number of halogens is 4. The molecule has 0 bridgehead atoms. The van der Waals surface area contributed by atoms with Gasteiger partial charge in [-0.2, -0.15) is 13.2 Å². The van der Waals surface area contributed by atoms with E-state index in [4.69, 9.17) is 0 Å². The Morgan fingerprint density at radius 3 is 2.53 bits per heavy atom. The molecule has 8 heteroatoms. The molecule has 4 nitrogen and oxygen atoms in total. The fraction of sp³-hybridized carbons (Fsp3) is 0.455. The van der Waals surface area contributed by atoms with Gasteiger partial charge in [0.2, 0.25) is 5.91 Å². The molecular formula is C11H14ClF3N2O2. The molecule has 108 valence electrons. The molecule has 0 aliphatic rings. The fourth-order valence-corrected chi connectivity index (χ4v) is 1.28. The summed E-state index contributed by atoms with van der Waals surface area (Å²) in [5.74, 6) is -0.173. The first kappa shape index (κ1) is 17.5. The summed E-state index contributed by atoms with van der Waals surface area (Å²) in [6.45, 7) is 1.74. The molecule has 1 amide bonds. The highest BCUT2D eigenvalue weighted by Gasteiger charge is 2.28. The van der Waals surface area contributed by atoms with Gasteiger partial charge in [0.1, 0.15) is 5.75 Å². The first-order valence-corrected chi connectivity index (χ1v) is 5.20. The van der Waals surface area contributed by atoms with Crippen LogP contribution >= 0.6 is 12.4 Å². The Labute approximate surface area is 114 Å². The van der Waals surface area contributed by atoms with Crippen LogP contribution in [0.25, 0.3) is 0 Å². The van der Waals surface area contributed by atoms with Gasteiger partial charge in [0, 0.05) is 6.92 Å². The lowest BCUT2D eigenvalue weighted by atomic mass is 10.2. The lowest BCUT2D eigenvalue weighted by Gasteiger charge is -2.13. The Hall–Kier alpha value is -1.50. The molecule has 0 saturated heterocycles. The number of amides is 1. The number of hydrogen-bond donors (Lipinski definition) is 1. The van der Waals surface area contributed by atoms with Crippen molar-refractivity contribution in [2.45, 2.75) is 26.1 Å². The highest BCUT2D eigenvalue weighted by molar-refractivity contribution is 5.85. The monoisotopic (exact) mass is 298 g/mol. The van der Waals surface area contributed by atoms with Crippen molar-refractivity contribution >= 4 is 18.3 Å². The predicted octanol–water partition coefficient (Wildman–Crippen LogP) is 2.64. The number of rotatable bonds is 4. The summed E-state index contributed by atoms with van der Waals surface area (Å²) >= 11 is 0. The minimum atomic E-state index is -4.37. The van der Waals surface area contributed by atoms with Crippen molar-refractivity contribution in [3.05, 3.63) is 24.0 Å². The van der Waals surface area contributed by atoms with Gasteiger partial charge in [0.05, 0.1) is 17.9 Å². The van der Waals surface area contributed by atoms with Crippen molar-refractivity contribution in [3.63, 3.8) is 0 Å². The molecule has 0 aromatic carbocycles. The van der Waals surface area contributed by atoms with Crippen molar-refractivity contribution in [2.24, 2.45) is 0 Å². The van der Waals surface area contributed by atoms with Crippen LogP contribution < -0.4 is 10.1 Å². The topological polar surface area (TPSA) is 51.2 Å². The quantitative estimate of drug-likeness (QED) is 0.929. The molecule has 1 aromatic rings. The van der Waals surface area contributed by atoms with Crippen molar-refractivity contribution in [1.82, 2.24) is 10.3 Å². The zero-order chi connectivity index (χ0) is 13.8. The molecule has 0 unspecified atom stereocenters. The van der Waals surface area contributed by atoms with Crippen LogP contribution in [0.15, 0.2) is 18.3 Å². The Morgan fingerprint density at radius 2 is 2.11 bits per heavy atom. The third-order valence-electron chi connectivity index (χ3n) is 2.03. The van der Waals surface area contributed by atoms with Crippen molar-refractivity contribution in [2.75, 3.05) is 6.61 Å². The SMILES string of the molecule is CC(=O)N[C@H](C)c1ccc(OCC(F)(F)F)cn1.Cl. The third kappa shape index (κ3) is 6.85. The number of carbonyl (C=O) groups is 1. The van der Waals surface area contributed by atoms with E-state index in [1.54, 1.807) is 6.92 Å².